The third-order valence-corrected chi connectivity index (χ3v) is 6.74. The van der Waals surface area contributed by atoms with Crippen molar-refractivity contribution in [1.82, 2.24) is 10.3 Å². The second-order valence-corrected chi connectivity index (χ2v) is 8.98. The lowest BCUT2D eigenvalue weighted by atomic mass is 9.99. The highest BCUT2D eigenvalue weighted by Gasteiger charge is 2.35. The highest BCUT2D eigenvalue weighted by molar-refractivity contribution is 7.21. The number of nitrogen functional groups attached to an aromatic ring is 1. The largest absolute Gasteiger partial charge is 0.857 e. The van der Waals surface area contributed by atoms with Crippen LogP contribution in [0.15, 0.2) is 82.4 Å². The number of aromatic nitrogens is 3. The second-order valence-electron chi connectivity index (χ2n) is 7.98. The van der Waals surface area contributed by atoms with Crippen molar-refractivity contribution in [2.24, 2.45) is 4.99 Å². The van der Waals surface area contributed by atoms with E-state index in [2.05, 4.69) is 10.3 Å². The molecule has 1 aliphatic carbocycles. The number of pyridine rings is 1. The number of nitrogens with zero attached hydrogens (tertiary/aromatic N) is 4. The lowest BCUT2D eigenvalue weighted by molar-refractivity contribution is -0.765. The standard InChI is InChI=1S/C25H19N5O2S/c26-22-21-18(15-7-3-1-4-8-15)13-19(16-9-5-2-6-10-16)27-25(21)33-23(22)24(31)28-20-14-30(29-32-20)17-11-12-17/h1-10,13-14,17H,11-12H2,(H2-,26,28,29,31). The molecular formula is C25H19N5O2S. The van der Waals surface area contributed by atoms with Gasteiger partial charge in [-0.05, 0) is 21.9 Å². The number of thiophene rings is 1. The van der Waals surface area contributed by atoms with E-state index in [1.807, 2.05) is 66.7 Å². The van der Waals surface area contributed by atoms with Crippen molar-refractivity contribution in [3.63, 3.8) is 0 Å². The zero-order valence-electron chi connectivity index (χ0n) is 17.5. The molecule has 0 saturated heterocycles. The summed E-state index contributed by atoms with van der Waals surface area (Å²) in [5, 5.41) is 17.7. The minimum Gasteiger partial charge on any atom is -0.857 e. The highest BCUT2D eigenvalue weighted by atomic mass is 32.1. The third-order valence-electron chi connectivity index (χ3n) is 5.65. The van der Waals surface area contributed by atoms with E-state index in [9.17, 15) is 5.11 Å². The fourth-order valence-corrected chi connectivity index (χ4v) is 4.85. The average Bonchev–Trinajstić information content (AvgIpc) is 3.51. The summed E-state index contributed by atoms with van der Waals surface area (Å²) < 4.78 is 6.93. The fourth-order valence-electron chi connectivity index (χ4n) is 3.84. The molecule has 0 atom stereocenters. The molecule has 2 N–H and O–H groups in total. The average molecular weight is 454 g/mol. The molecule has 0 radical (unpaired) electrons. The topological polar surface area (TPSA) is 104 Å². The zero-order valence-corrected chi connectivity index (χ0v) is 18.3. The summed E-state index contributed by atoms with van der Waals surface area (Å²) in [5.41, 5.74) is 10.6. The molecular weight excluding hydrogens is 434 g/mol. The SMILES string of the molecule is Nc1c(/C([O-])=N/c2c[n+](C3CC3)no2)sc2nc(-c3ccccc3)cc(-c3ccccc3)c12. The Hall–Kier alpha value is -4.04. The van der Waals surface area contributed by atoms with Gasteiger partial charge < -0.3 is 10.8 Å². The van der Waals surface area contributed by atoms with E-state index in [1.165, 1.54) is 11.3 Å². The molecule has 2 aromatic carbocycles. The maximum atomic E-state index is 13.0. The number of rotatable bonds is 5. The Balaban J connectivity index is 1.51. The molecule has 3 aromatic heterocycles. The lowest BCUT2D eigenvalue weighted by Crippen LogP contribution is -2.32. The molecule has 162 valence electrons. The predicted octanol–water partition coefficient (Wildman–Crippen LogP) is 4.26. The van der Waals surface area contributed by atoms with E-state index >= 15 is 0 Å². The highest BCUT2D eigenvalue weighted by Crippen LogP contribution is 2.41. The summed E-state index contributed by atoms with van der Waals surface area (Å²) in [4.78, 5) is 9.99. The Morgan fingerprint density at radius 3 is 2.45 bits per heavy atom. The van der Waals surface area contributed by atoms with Crippen molar-refractivity contribution in [2.75, 3.05) is 5.73 Å². The Morgan fingerprint density at radius 1 is 1.06 bits per heavy atom. The number of benzene rings is 2. The van der Waals surface area contributed by atoms with Crippen LogP contribution in [0.4, 0.5) is 11.6 Å². The number of hydrogen-bond donors (Lipinski definition) is 1. The third kappa shape index (κ3) is 3.64. The van der Waals surface area contributed by atoms with Gasteiger partial charge in [0.25, 0.3) is 6.20 Å². The van der Waals surface area contributed by atoms with E-state index in [0.717, 1.165) is 40.6 Å². The maximum absolute atomic E-state index is 13.0. The monoisotopic (exact) mass is 453 g/mol. The van der Waals surface area contributed by atoms with Gasteiger partial charge in [-0.15, -0.1) is 11.3 Å². The van der Waals surface area contributed by atoms with Gasteiger partial charge in [-0.3, -0.25) is 4.52 Å². The maximum Gasteiger partial charge on any atom is 0.320 e. The number of aliphatic imine (C=N–C) groups is 1. The molecule has 0 aliphatic heterocycles. The lowest BCUT2D eigenvalue weighted by Gasteiger charge is -2.10. The molecule has 1 aliphatic rings. The Kier molecular flexibility index (Phi) is 4.66. The molecule has 0 spiro atoms. The smallest absolute Gasteiger partial charge is 0.320 e. The first-order chi connectivity index (χ1) is 16.2. The van der Waals surface area contributed by atoms with Crippen LogP contribution in [0.5, 0.6) is 0 Å². The van der Waals surface area contributed by atoms with Gasteiger partial charge in [0.2, 0.25) is 5.27 Å². The molecule has 6 rings (SSSR count). The number of anilines is 1. The Bertz CT molecular complexity index is 1490. The number of hydrogen-bond acceptors (Lipinski definition) is 7. The molecule has 7 nitrogen and oxygen atoms in total. The summed E-state index contributed by atoms with van der Waals surface area (Å²) in [7, 11) is 0. The van der Waals surface area contributed by atoms with Crippen molar-refractivity contribution in [2.45, 2.75) is 18.9 Å². The molecule has 33 heavy (non-hydrogen) atoms. The summed E-state index contributed by atoms with van der Waals surface area (Å²) in [6, 6.07) is 22.3. The normalized spacial score (nSPS) is 14.1. The van der Waals surface area contributed by atoms with Crippen LogP contribution in [-0.2, 0) is 0 Å². The summed E-state index contributed by atoms with van der Waals surface area (Å²) in [6.07, 6.45) is 3.78. The van der Waals surface area contributed by atoms with Gasteiger partial charge in [-0.1, -0.05) is 60.7 Å². The van der Waals surface area contributed by atoms with Crippen LogP contribution in [0, 0.1) is 0 Å². The molecule has 8 heteroatoms. The van der Waals surface area contributed by atoms with Gasteiger partial charge in [0.15, 0.2) is 6.04 Å². The van der Waals surface area contributed by atoms with Crippen LogP contribution in [0.3, 0.4) is 0 Å². The van der Waals surface area contributed by atoms with Crippen LogP contribution in [0.25, 0.3) is 32.6 Å². The quantitative estimate of drug-likeness (QED) is 0.243. The van der Waals surface area contributed by atoms with Crippen molar-refractivity contribution < 1.29 is 14.3 Å². The van der Waals surface area contributed by atoms with Crippen molar-refractivity contribution in [3.05, 3.63) is 77.8 Å². The van der Waals surface area contributed by atoms with Crippen LogP contribution in [-0.4, -0.2) is 16.2 Å². The van der Waals surface area contributed by atoms with Gasteiger partial charge in [0, 0.05) is 29.7 Å². The Labute approximate surface area is 193 Å². The first kappa shape index (κ1) is 19.6. The van der Waals surface area contributed by atoms with Crippen LogP contribution in [0.2, 0.25) is 0 Å². The predicted molar refractivity (Wildman–Crippen MR) is 126 cm³/mol. The summed E-state index contributed by atoms with van der Waals surface area (Å²) >= 11 is 1.25. The summed E-state index contributed by atoms with van der Waals surface area (Å²) in [6.45, 7) is 0. The van der Waals surface area contributed by atoms with Gasteiger partial charge in [0.05, 0.1) is 16.3 Å². The second kappa shape index (κ2) is 7.83. The zero-order chi connectivity index (χ0) is 22.4. The van der Waals surface area contributed by atoms with E-state index in [-0.39, 0.29) is 5.88 Å². The first-order valence-electron chi connectivity index (χ1n) is 10.7. The molecule has 0 amide bonds. The van der Waals surface area contributed by atoms with Crippen molar-refractivity contribution in [1.29, 1.82) is 0 Å². The van der Waals surface area contributed by atoms with Crippen LogP contribution >= 0.6 is 11.3 Å². The van der Waals surface area contributed by atoms with E-state index in [0.29, 0.717) is 21.4 Å². The van der Waals surface area contributed by atoms with Crippen molar-refractivity contribution in [3.8, 4) is 22.4 Å². The van der Waals surface area contributed by atoms with Gasteiger partial charge in [-0.2, -0.15) is 0 Å². The van der Waals surface area contributed by atoms with Crippen molar-refractivity contribution >= 4 is 39.0 Å². The van der Waals surface area contributed by atoms with Crippen LogP contribution in [0.1, 0.15) is 23.8 Å². The first-order valence-corrected chi connectivity index (χ1v) is 11.5. The van der Waals surface area contributed by atoms with Gasteiger partial charge in [-0.25, -0.2) is 9.98 Å². The molecule has 0 unspecified atom stereocenters. The van der Waals surface area contributed by atoms with E-state index < -0.39 is 5.90 Å². The molecule has 0 bridgehead atoms. The fraction of sp³-hybridized carbons (Fsp3) is 0.120. The van der Waals surface area contributed by atoms with E-state index in [4.69, 9.17) is 15.2 Å². The molecule has 3 heterocycles. The minimum absolute atomic E-state index is 0.171. The Morgan fingerprint density at radius 2 is 1.76 bits per heavy atom. The van der Waals surface area contributed by atoms with Crippen LogP contribution < -0.4 is 15.5 Å². The van der Waals surface area contributed by atoms with Gasteiger partial charge in [0.1, 0.15) is 4.83 Å². The van der Waals surface area contributed by atoms with E-state index in [1.54, 1.807) is 10.9 Å². The molecule has 1 saturated carbocycles. The summed E-state index contributed by atoms with van der Waals surface area (Å²) in [5.74, 6) is -0.292. The molecule has 1 fully saturated rings. The number of nitrogens with two attached hydrogens (primary N) is 1. The molecule has 5 aromatic rings. The number of fused-ring (bicyclic) bond motifs is 1. The minimum atomic E-state index is -0.463. The van der Waals surface area contributed by atoms with Gasteiger partial charge >= 0.3 is 5.88 Å².